The Morgan fingerprint density at radius 1 is 1.00 bits per heavy atom. The molecule has 0 atom stereocenters. The molecule has 142 valence electrons. The van der Waals surface area contributed by atoms with Crippen LogP contribution in [-0.4, -0.2) is 25.7 Å². The summed E-state index contributed by atoms with van der Waals surface area (Å²) < 4.78 is 1.38. The van der Waals surface area contributed by atoms with Crippen LogP contribution < -0.4 is 5.32 Å². The maximum Gasteiger partial charge on any atom is 0.257 e. The number of nitrogens with one attached hydrogen (secondary N) is 1. The molecular formula is C21H16N6O2. The summed E-state index contributed by atoms with van der Waals surface area (Å²) in [6.45, 7) is 0.299. The van der Waals surface area contributed by atoms with Gasteiger partial charge >= 0.3 is 0 Å². The van der Waals surface area contributed by atoms with Gasteiger partial charge in [-0.1, -0.05) is 54.6 Å². The predicted octanol–water partition coefficient (Wildman–Crippen LogP) is 3.66. The van der Waals surface area contributed by atoms with Gasteiger partial charge in [-0.2, -0.15) is 10.1 Å². The van der Waals surface area contributed by atoms with E-state index in [2.05, 4.69) is 25.6 Å². The standard InChI is InChI=1S/C21H16N6O2/c28-20(18-14-23-21(25-19(18)26-29)27-12-4-11-24-27)22-13-15-7-9-17(10-8-15)16-5-2-1-3-6-16/h1-12,14H,13H2,(H,22,28). The van der Waals surface area contributed by atoms with Crippen molar-refractivity contribution in [3.8, 4) is 17.1 Å². The van der Waals surface area contributed by atoms with Crippen molar-refractivity contribution in [3.05, 3.63) is 95.3 Å². The molecule has 2 aromatic heterocycles. The molecular weight excluding hydrogens is 368 g/mol. The second-order valence-corrected chi connectivity index (χ2v) is 6.19. The van der Waals surface area contributed by atoms with Gasteiger partial charge in [-0.3, -0.25) is 4.79 Å². The first-order valence-electron chi connectivity index (χ1n) is 8.87. The van der Waals surface area contributed by atoms with Crippen LogP contribution in [0.1, 0.15) is 15.9 Å². The first-order chi connectivity index (χ1) is 14.2. The van der Waals surface area contributed by atoms with Crippen LogP contribution in [0.25, 0.3) is 17.1 Å². The number of nitroso groups, excluding NO2 is 1. The van der Waals surface area contributed by atoms with E-state index < -0.39 is 5.91 Å². The molecule has 0 unspecified atom stereocenters. The van der Waals surface area contributed by atoms with Gasteiger partial charge in [0.25, 0.3) is 11.9 Å². The molecule has 8 nitrogen and oxygen atoms in total. The van der Waals surface area contributed by atoms with Crippen molar-refractivity contribution in [2.24, 2.45) is 5.18 Å². The highest BCUT2D eigenvalue weighted by atomic mass is 16.3. The lowest BCUT2D eigenvalue weighted by molar-refractivity contribution is 0.0951. The van der Waals surface area contributed by atoms with E-state index in [1.165, 1.54) is 10.9 Å². The van der Waals surface area contributed by atoms with Crippen molar-refractivity contribution >= 4 is 11.7 Å². The smallest absolute Gasteiger partial charge is 0.257 e. The van der Waals surface area contributed by atoms with Gasteiger partial charge in [0.1, 0.15) is 5.56 Å². The Balaban J connectivity index is 1.45. The number of benzene rings is 2. The lowest BCUT2D eigenvalue weighted by Crippen LogP contribution is -2.23. The Labute approximate surface area is 166 Å². The number of carbonyl (C=O) groups is 1. The van der Waals surface area contributed by atoms with Crippen molar-refractivity contribution in [2.45, 2.75) is 6.54 Å². The van der Waals surface area contributed by atoms with Crippen LogP contribution in [0, 0.1) is 4.91 Å². The van der Waals surface area contributed by atoms with E-state index in [9.17, 15) is 9.70 Å². The quantitative estimate of drug-likeness (QED) is 0.511. The summed E-state index contributed by atoms with van der Waals surface area (Å²) in [7, 11) is 0. The zero-order valence-corrected chi connectivity index (χ0v) is 15.3. The summed E-state index contributed by atoms with van der Waals surface area (Å²) >= 11 is 0. The first-order valence-corrected chi connectivity index (χ1v) is 8.87. The van der Waals surface area contributed by atoms with Crippen LogP contribution in [0.15, 0.2) is 84.4 Å². The molecule has 8 heteroatoms. The number of carbonyl (C=O) groups excluding carboxylic acids is 1. The molecule has 0 radical (unpaired) electrons. The predicted molar refractivity (Wildman–Crippen MR) is 108 cm³/mol. The molecule has 0 bridgehead atoms. The molecule has 1 N–H and O–H groups in total. The molecule has 0 saturated heterocycles. The van der Waals surface area contributed by atoms with Gasteiger partial charge in [0.15, 0.2) is 0 Å². The highest BCUT2D eigenvalue weighted by molar-refractivity contribution is 5.97. The van der Waals surface area contributed by atoms with E-state index in [1.54, 1.807) is 18.5 Å². The van der Waals surface area contributed by atoms with E-state index in [0.717, 1.165) is 16.7 Å². The number of rotatable bonds is 6. The van der Waals surface area contributed by atoms with Crippen molar-refractivity contribution in [1.82, 2.24) is 25.1 Å². The highest BCUT2D eigenvalue weighted by Crippen LogP contribution is 2.20. The summed E-state index contributed by atoms with van der Waals surface area (Å²) in [6.07, 6.45) is 4.46. The van der Waals surface area contributed by atoms with E-state index in [0.29, 0.717) is 6.54 Å². The fourth-order valence-corrected chi connectivity index (χ4v) is 2.81. The summed E-state index contributed by atoms with van der Waals surface area (Å²) in [6, 6.07) is 19.6. The van der Waals surface area contributed by atoms with Gasteiger partial charge in [-0.15, -0.1) is 4.91 Å². The number of amides is 1. The third kappa shape index (κ3) is 4.06. The Morgan fingerprint density at radius 2 is 1.76 bits per heavy atom. The average Bonchev–Trinajstić information content (AvgIpc) is 3.33. The minimum absolute atomic E-state index is 0.0109. The fourth-order valence-electron chi connectivity index (χ4n) is 2.81. The number of hydrogen-bond donors (Lipinski definition) is 1. The van der Waals surface area contributed by atoms with Crippen molar-refractivity contribution < 1.29 is 4.79 Å². The van der Waals surface area contributed by atoms with Crippen molar-refractivity contribution in [1.29, 1.82) is 0 Å². The monoisotopic (exact) mass is 384 g/mol. The molecule has 0 aliphatic carbocycles. The minimum Gasteiger partial charge on any atom is -0.348 e. The first kappa shape index (κ1) is 18.2. The lowest BCUT2D eigenvalue weighted by atomic mass is 10.0. The summed E-state index contributed by atoms with van der Waals surface area (Å²) in [4.78, 5) is 31.7. The molecule has 2 heterocycles. The molecule has 4 rings (SSSR count). The Bertz CT molecular complexity index is 1130. The van der Waals surface area contributed by atoms with Crippen LogP contribution in [0.5, 0.6) is 0 Å². The Kier molecular flexibility index (Phi) is 5.15. The van der Waals surface area contributed by atoms with E-state index in [4.69, 9.17) is 0 Å². The van der Waals surface area contributed by atoms with Gasteiger partial charge < -0.3 is 5.32 Å². The second kappa shape index (κ2) is 8.22. The number of hydrogen-bond acceptors (Lipinski definition) is 6. The molecule has 2 aromatic carbocycles. The van der Waals surface area contributed by atoms with Crippen LogP contribution >= 0.6 is 0 Å². The molecule has 0 fully saturated rings. The van der Waals surface area contributed by atoms with Gasteiger partial charge in [-0.05, 0) is 27.9 Å². The Hall–Kier alpha value is -4.20. The molecule has 0 saturated carbocycles. The van der Waals surface area contributed by atoms with Crippen LogP contribution in [0.4, 0.5) is 5.82 Å². The molecule has 4 aromatic rings. The summed E-state index contributed by atoms with van der Waals surface area (Å²) in [5, 5.41) is 9.61. The maximum absolute atomic E-state index is 12.5. The van der Waals surface area contributed by atoms with E-state index in [-0.39, 0.29) is 17.3 Å². The minimum atomic E-state index is -0.473. The number of nitrogens with zero attached hydrogens (tertiary/aromatic N) is 5. The molecule has 0 aliphatic rings. The second-order valence-electron chi connectivity index (χ2n) is 6.19. The normalized spacial score (nSPS) is 10.5. The van der Waals surface area contributed by atoms with Crippen LogP contribution in [-0.2, 0) is 6.54 Å². The maximum atomic E-state index is 12.5. The van der Waals surface area contributed by atoms with Gasteiger partial charge in [0, 0.05) is 25.1 Å². The zero-order chi connectivity index (χ0) is 20.1. The zero-order valence-electron chi connectivity index (χ0n) is 15.3. The van der Waals surface area contributed by atoms with Crippen molar-refractivity contribution in [2.75, 3.05) is 0 Å². The average molecular weight is 384 g/mol. The van der Waals surface area contributed by atoms with Gasteiger partial charge in [0.2, 0.25) is 5.82 Å². The SMILES string of the molecule is O=Nc1nc(-n2cccn2)ncc1C(=O)NCc1ccc(-c2ccccc2)cc1. The topological polar surface area (TPSA) is 102 Å². The fraction of sp³-hybridized carbons (Fsp3) is 0.0476. The highest BCUT2D eigenvalue weighted by Gasteiger charge is 2.16. The lowest BCUT2D eigenvalue weighted by Gasteiger charge is -2.08. The summed E-state index contributed by atoms with van der Waals surface area (Å²) in [5.41, 5.74) is 3.15. The summed E-state index contributed by atoms with van der Waals surface area (Å²) in [5.74, 6) is -0.543. The van der Waals surface area contributed by atoms with Gasteiger partial charge in [0.05, 0.1) is 0 Å². The van der Waals surface area contributed by atoms with E-state index in [1.807, 2.05) is 54.6 Å². The van der Waals surface area contributed by atoms with Crippen LogP contribution in [0.3, 0.4) is 0 Å². The molecule has 1 amide bonds. The third-order valence-electron chi connectivity index (χ3n) is 4.31. The molecule has 29 heavy (non-hydrogen) atoms. The van der Waals surface area contributed by atoms with Crippen LogP contribution in [0.2, 0.25) is 0 Å². The van der Waals surface area contributed by atoms with Crippen molar-refractivity contribution in [3.63, 3.8) is 0 Å². The molecule has 0 aliphatic heterocycles. The number of aromatic nitrogens is 4. The van der Waals surface area contributed by atoms with Gasteiger partial charge in [-0.25, -0.2) is 9.67 Å². The third-order valence-corrected chi connectivity index (χ3v) is 4.31. The van der Waals surface area contributed by atoms with E-state index >= 15 is 0 Å². The largest absolute Gasteiger partial charge is 0.348 e. The molecule has 0 spiro atoms. The Morgan fingerprint density at radius 3 is 2.45 bits per heavy atom.